The molecule has 0 aliphatic carbocycles. The van der Waals surface area contributed by atoms with E-state index in [2.05, 4.69) is 40.0 Å². The first-order valence-corrected chi connectivity index (χ1v) is 17.8. The average Bonchev–Trinajstić information content (AvgIpc) is 3.70. The zero-order valence-electron chi connectivity index (χ0n) is 27.8. The lowest BCUT2D eigenvalue weighted by Gasteiger charge is -2.36. The Morgan fingerprint density at radius 2 is 1.73 bits per heavy atom. The number of halogens is 1. The predicted octanol–water partition coefficient (Wildman–Crippen LogP) is 3.87. The third kappa shape index (κ3) is 6.53. The topological polar surface area (TPSA) is 129 Å². The molecule has 2 aromatic rings. The second-order valence-electron chi connectivity index (χ2n) is 12.7. The second-order valence-corrected chi connectivity index (χ2v) is 13.6. The largest absolute Gasteiger partial charge is 0.455 e. The molecule has 2 aromatic carbocycles. The zero-order valence-corrected chi connectivity index (χ0v) is 29.4. The highest BCUT2D eigenvalue weighted by Crippen LogP contribution is 2.59. The lowest BCUT2D eigenvalue weighted by Crippen LogP contribution is -2.56. The fourth-order valence-corrected chi connectivity index (χ4v) is 8.31. The number of amides is 3. The van der Waals surface area contributed by atoms with E-state index in [-0.39, 0.29) is 50.9 Å². The fourth-order valence-electron chi connectivity index (χ4n) is 7.57. The van der Waals surface area contributed by atoms with Crippen LogP contribution in [-0.2, 0) is 28.7 Å². The Kier molecular flexibility index (Phi) is 10.6. The van der Waals surface area contributed by atoms with Crippen molar-refractivity contribution in [2.45, 2.75) is 57.0 Å². The first-order chi connectivity index (χ1) is 23.7. The van der Waals surface area contributed by atoms with Crippen molar-refractivity contribution in [3.8, 4) is 0 Å². The fraction of sp³-hybridized carbons (Fsp3) is 0.459. The van der Waals surface area contributed by atoms with E-state index >= 15 is 0 Å². The number of aliphatic hydroxyl groups is 1. The smallest absolute Gasteiger partial charge is 0.313 e. The maximum absolute atomic E-state index is 15.0. The van der Waals surface area contributed by atoms with Crippen LogP contribution in [0.15, 0.2) is 77.3 Å². The van der Waals surface area contributed by atoms with Gasteiger partial charge in [-0.1, -0.05) is 58.4 Å². The molecule has 4 heterocycles. The Hall–Kier alpha value is -4.00. The summed E-state index contributed by atoms with van der Waals surface area (Å²) in [6.07, 6.45) is 4.74. The van der Waals surface area contributed by atoms with Crippen LogP contribution in [-0.4, -0.2) is 90.8 Å². The van der Waals surface area contributed by atoms with Crippen molar-refractivity contribution in [2.75, 3.05) is 49.1 Å². The predicted molar refractivity (Wildman–Crippen MR) is 188 cm³/mol. The van der Waals surface area contributed by atoms with Gasteiger partial charge in [-0.05, 0) is 62.6 Å². The SMILES string of the molecule is CCN(CC)c1ccc(N2C/C=C\CCC(=O)NC[C@H](c3ccccc3)OC(=O)[C@H]3[C@@H]4O[C@@]5(C=C4Br)[C@@H]3C(=O)N(CCCO)[C@@H]5C2=O)cc1. The number of likely N-dealkylation sites (tertiary alicyclic amines) is 1. The molecule has 11 nitrogen and oxygen atoms in total. The summed E-state index contributed by atoms with van der Waals surface area (Å²) in [5.74, 6) is -3.69. The number of anilines is 2. The van der Waals surface area contributed by atoms with Crippen LogP contribution in [0, 0.1) is 11.8 Å². The molecule has 0 aromatic heterocycles. The van der Waals surface area contributed by atoms with Gasteiger partial charge >= 0.3 is 5.97 Å². The molecule has 3 amide bonds. The van der Waals surface area contributed by atoms with E-state index in [1.165, 1.54) is 4.90 Å². The number of carbonyl (C=O) groups is 4. The van der Waals surface area contributed by atoms with E-state index in [9.17, 15) is 24.3 Å². The van der Waals surface area contributed by atoms with Gasteiger partial charge in [-0.2, -0.15) is 0 Å². The minimum Gasteiger partial charge on any atom is -0.455 e. The van der Waals surface area contributed by atoms with E-state index in [4.69, 9.17) is 9.47 Å². The number of fused-ring (bicyclic) bond motifs is 2. The molecule has 6 rings (SSSR count). The number of carbonyl (C=O) groups excluding carboxylic acids is 4. The monoisotopic (exact) mass is 734 g/mol. The Balaban J connectivity index is 1.43. The molecule has 0 radical (unpaired) electrons. The number of hydrogen-bond donors (Lipinski definition) is 2. The molecule has 5 bridgehead atoms. The molecule has 4 aliphatic heterocycles. The highest BCUT2D eigenvalue weighted by atomic mass is 79.9. The number of aliphatic hydroxyl groups excluding tert-OH is 1. The van der Waals surface area contributed by atoms with Crippen molar-refractivity contribution < 1.29 is 33.8 Å². The summed E-state index contributed by atoms with van der Waals surface area (Å²) < 4.78 is 13.3. The van der Waals surface area contributed by atoms with E-state index in [1.807, 2.05) is 66.7 Å². The molecule has 4 aliphatic rings. The normalized spacial score (nSPS) is 29.4. The summed E-state index contributed by atoms with van der Waals surface area (Å²) in [7, 11) is 0. The molecule has 2 N–H and O–H groups in total. The number of allylic oxidation sites excluding steroid dienone is 1. The molecule has 12 heteroatoms. The summed E-state index contributed by atoms with van der Waals surface area (Å²) in [4.78, 5) is 61.7. The van der Waals surface area contributed by atoms with Crippen LogP contribution in [0.5, 0.6) is 0 Å². The molecule has 1 spiro atoms. The van der Waals surface area contributed by atoms with Gasteiger partial charge in [0.1, 0.15) is 29.8 Å². The Labute approximate surface area is 295 Å². The van der Waals surface area contributed by atoms with Crippen LogP contribution in [0.1, 0.15) is 44.8 Å². The van der Waals surface area contributed by atoms with E-state index in [0.29, 0.717) is 22.2 Å². The van der Waals surface area contributed by atoms with Gasteiger partial charge in [0.2, 0.25) is 11.8 Å². The van der Waals surface area contributed by atoms with Crippen LogP contribution in [0.4, 0.5) is 11.4 Å². The number of esters is 1. The maximum Gasteiger partial charge on any atom is 0.313 e. The second kappa shape index (κ2) is 14.9. The van der Waals surface area contributed by atoms with Crippen LogP contribution in [0.2, 0.25) is 0 Å². The van der Waals surface area contributed by atoms with Crippen molar-refractivity contribution in [1.29, 1.82) is 0 Å². The molecule has 0 unspecified atom stereocenters. The van der Waals surface area contributed by atoms with Gasteiger partial charge < -0.3 is 34.6 Å². The minimum atomic E-state index is -1.44. The molecule has 260 valence electrons. The number of nitrogens with zero attached hydrogens (tertiary/aromatic N) is 3. The lowest BCUT2D eigenvalue weighted by molar-refractivity contribution is -0.159. The van der Waals surface area contributed by atoms with Gasteiger partial charge in [0.15, 0.2) is 0 Å². The standard InChI is InChI=1S/C37H43BrN4O7/c1-3-40(4-2)25-15-17-26(18-16-25)41-19-10-6-9-14-29(44)39-23-28(24-12-7-5-8-13-24)48-36(47)30-31-34(45)42(20-11-21-43)33(35(41)46)37(31)22-27(38)32(30)49-37/h5-8,10,12-13,15-18,22,28,30-33,43H,3-4,9,11,14,19-21,23H2,1-2H3,(H,39,44)/b10-6-/t28-,30-,31+,32-,33-,37+/m1/s1. The molecule has 6 atom stereocenters. The summed E-state index contributed by atoms with van der Waals surface area (Å²) in [5, 5.41) is 12.7. The highest BCUT2D eigenvalue weighted by Gasteiger charge is 2.75. The summed E-state index contributed by atoms with van der Waals surface area (Å²) in [6.45, 7) is 5.99. The average molecular weight is 736 g/mol. The van der Waals surface area contributed by atoms with Crippen molar-refractivity contribution in [3.05, 3.63) is 82.9 Å². The lowest BCUT2D eigenvalue weighted by atomic mass is 9.74. The Morgan fingerprint density at radius 1 is 1.00 bits per heavy atom. The number of hydrogen-bond acceptors (Lipinski definition) is 8. The van der Waals surface area contributed by atoms with Crippen LogP contribution in [0.25, 0.3) is 0 Å². The zero-order chi connectivity index (χ0) is 34.7. The van der Waals surface area contributed by atoms with E-state index in [0.717, 1.165) is 18.8 Å². The molecule has 2 fully saturated rings. The number of rotatable bonds is 8. The third-order valence-electron chi connectivity index (χ3n) is 9.95. The molecule has 0 saturated carbocycles. The number of nitrogens with one attached hydrogen (secondary N) is 1. The quantitative estimate of drug-likeness (QED) is 0.309. The number of ether oxygens (including phenoxy) is 2. The number of benzene rings is 2. The molecule has 2 saturated heterocycles. The van der Waals surface area contributed by atoms with Gasteiger partial charge in [-0.15, -0.1) is 0 Å². The van der Waals surface area contributed by atoms with E-state index < -0.39 is 47.6 Å². The van der Waals surface area contributed by atoms with Crippen LogP contribution < -0.4 is 15.1 Å². The Morgan fingerprint density at radius 3 is 2.43 bits per heavy atom. The third-order valence-corrected chi connectivity index (χ3v) is 10.6. The van der Waals surface area contributed by atoms with Gasteiger partial charge in [0, 0.05) is 55.1 Å². The van der Waals surface area contributed by atoms with Crippen LogP contribution in [0.3, 0.4) is 0 Å². The summed E-state index contributed by atoms with van der Waals surface area (Å²) in [6, 6.07) is 15.8. The van der Waals surface area contributed by atoms with Gasteiger partial charge in [-0.3, -0.25) is 19.2 Å². The maximum atomic E-state index is 15.0. The minimum absolute atomic E-state index is 0.0539. The van der Waals surface area contributed by atoms with Crippen molar-refractivity contribution in [1.82, 2.24) is 10.2 Å². The van der Waals surface area contributed by atoms with Crippen molar-refractivity contribution >= 4 is 51.0 Å². The summed E-state index contributed by atoms with van der Waals surface area (Å²) in [5.41, 5.74) is 0.908. The molecular weight excluding hydrogens is 692 g/mol. The molecular formula is C37H43BrN4O7. The highest BCUT2D eigenvalue weighted by molar-refractivity contribution is 9.11. The number of cyclic esters (lactones) is 1. The van der Waals surface area contributed by atoms with E-state index in [1.54, 1.807) is 11.0 Å². The van der Waals surface area contributed by atoms with Crippen molar-refractivity contribution in [3.63, 3.8) is 0 Å². The van der Waals surface area contributed by atoms with Crippen LogP contribution >= 0.6 is 15.9 Å². The summed E-state index contributed by atoms with van der Waals surface area (Å²) >= 11 is 3.59. The van der Waals surface area contributed by atoms with Crippen molar-refractivity contribution in [2.24, 2.45) is 11.8 Å². The van der Waals surface area contributed by atoms with Gasteiger partial charge in [0.25, 0.3) is 5.91 Å². The van der Waals surface area contributed by atoms with Gasteiger partial charge in [0.05, 0.1) is 12.5 Å². The molecule has 49 heavy (non-hydrogen) atoms. The van der Waals surface area contributed by atoms with Gasteiger partial charge in [-0.25, -0.2) is 0 Å². The first kappa shape index (κ1) is 34.8. The Bertz CT molecular complexity index is 1610. The first-order valence-electron chi connectivity index (χ1n) is 17.0.